The standard InChI is InChI=1S/C9H14N2/c1-8-4-9(5-8)6-11(7-9)3-2-10/h8H,3-7H2,1H3. The molecule has 0 radical (unpaired) electrons. The van der Waals surface area contributed by atoms with E-state index in [-0.39, 0.29) is 0 Å². The molecule has 1 heterocycles. The van der Waals surface area contributed by atoms with E-state index in [1.165, 1.54) is 25.9 Å². The molecule has 1 saturated carbocycles. The Labute approximate surface area is 67.8 Å². The van der Waals surface area contributed by atoms with Crippen LogP contribution in [0.2, 0.25) is 0 Å². The van der Waals surface area contributed by atoms with Crippen molar-refractivity contribution in [2.45, 2.75) is 19.8 Å². The van der Waals surface area contributed by atoms with Gasteiger partial charge in [-0.25, -0.2) is 0 Å². The fourth-order valence-corrected chi connectivity index (χ4v) is 2.79. The van der Waals surface area contributed by atoms with E-state index in [9.17, 15) is 0 Å². The number of nitriles is 1. The van der Waals surface area contributed by atoms with E-state index in [1.807, 2.05) is 0 Å². The van der Waals surface area contributed by atoms with Crippen LogP contribution in [0.5, 0.6) is 0 Å². The molecule has 1 saturated heterocycles. The highest BCUT2D eigenvalue weighted by molar-refractivity contribution is 5.04. The summed E-state index contributed by atoms with van der Waals surface area (Å²) in [5.41, 5.74) is 0.663. The van der Waals surface area contributed by atoms with Gasteiger partial charge in [0.15, 0.2) is 0 Å². The summed E-state index contributed by atoms with van der Waals surface area (Å²) in [4.78, 5) is 2.24. The van der Waals surface area contributed by atoms with Crippen molar-refractivity contribution in [3.05, 3.63) is 0 Å². The summed E-state index contributed by atoms with van der Waals surface area (Å²) in [5, 5.41) is 8.42. The zero-order chi connectivity index (χ0) is 7.90. The van der Waals surface area contributed by atoms with Gasteiger partial charge in [-0.2, -0.15) is 5.26 Å². The van der Waals surface area contributed by atoms with Crippen LogP contribution in [0.15, 0.2) is 0 Å². The molecular formula is C9H14N2. The lowest BCUT2D eigenvalue weighted by molar-refractivity contribution is -0.0826. The molecule has 0 aromatic carbocycles. The fourth-order valence-electron chi connectivity index (χ4n) is 2.79. The lowest BCUT2D eigenvalue weighted by atomic mass is 9.58. The van der Waals surface area contributed by atoms with Crippen molar-refractivity contribution in [3.8, 4) is 6.07 Å². The van der Waals surface area contributed by atoms with Crippen LogP contribution in [0.4, 0.5) is 0 Å². The number of nitrogens with zero attached hydrogens (tertiary/aromatic N) is 2. The van der Waals surface area contributed by atoms with Gasteiger partial charge in [0.25, 0.3) is 0 Å². The summed E-state index contributed by atoms with van der Waals surface area (Å²) in [7, 11) is 0. The first-order valence-corrected chi connectivity index (χ1v) is 4.33. The van der Waals surface area contributed by atoms with E-state index in [0.717, 1.165) is 5.92 Å². The average molecular weight is 150 g/mol. The molecule has 60 valence electrons. The minimum Gasteiger partial charge on any atom is -0.289 e. The molecule has 0 aromatic heterocycles. The van der Waals surface area contributed by atoms with Crippen molar-refractivity contribution in [1.82, 2.24) is 4.90 Å². The third-order valence-corrected chi connectivity index (χ3v) is 2.98. The lowest BCUT2D eigenvalue weighted by Gasteiger charge is -2.58. The maximum Gasteiger partial charge on any atom is 0.0866 e. The smallest absolute Gasteiger partial charge is 0.0866 e. The van der Waals surface area contributed by atoms with Gasteiger partial charge in [-0.1, -0.05) is 6.92 Å². The van der Waals surface area contributed by atoms with Crippen LogP contribution in [0.25, 0.3) is 0 Å². The van der Waals surface area contributed by atoms with Gasteiger partial charge in [-0.3, -0.25) is 4.90 Å². The first-order chi connectivity index (χ1) is 5.24. The second-order valence-corrected chi connectivity index (χ2v) is 4.32. The molecule has 0 unspecified atom stereocenters. The normalized spacial score (nSPS) is 29.1. The SMILES string of the molecule is CC1CC2(C1)CN(CC#N)C2. The van der Waals surface area contributed by atoms with E-state index in [0.29, 0.717) is 12.0 Å². The zero-order valence-electron chi connectivity index (χ0n) is 7.01. The summed E-state index contributed by atoms with van der Waals surface area (Å²) in [6.07, 6.45) is 2.80. The van der Waals surface area contributed by atoms with Crippen LogP contribution < -0.4 is 0 Å². The highest BCUT2D eigenvalue weighted by Crippen LogP contribution is 2.51. The minimum atomic E-state index is 0.635. The molecule has 2 rings (SSSR count). The van der Waals surface area contributed by atoms with Crippen molar-refractivity contribution in [1.29, 1.82) is 5.26 Å². The van der Waals surface area contributed by atoms with E-state index in [2.05, 4.69) is 17.9 Å². The Hall–Kier alpha value is -0.550. The third-order valence-electron chi connectivity index (χ3n) is 2.98. The molecule has 0 aromatic rings. The van der Waals surface area contributed by atoms with Crippen molar-refractivity contribution in [2.24, 2.45) is 11.3 Å². The second kappa shape index (κ2) is 2.22. The summed E-state index contributed by atoms with van der Waals surface area (Å²) in [6.45, 7) is 5.32. The van der Waals surface area contributed by atoms with Crippen molar-refractivity contribution in [3.63, 3.8) is 0 Å². The molecule has 2 aliphatic rings. The Kier molecular flexibility index (Phi) is 1.43. The first-order valence-electron chi connectivity index (χ1n) is 4.33. The highest BCUT2D eigenvalue weighted by atomic mass is 15.2. The van der Waals surface area contributed by atoms with Crippen LogP contribution >= 0.6 is 0 Å². The summed E-state index contributed by atoms with van der Waals surface area (Å²) < 4.78 is 0. The molecule has 0 N–H and O–H groups in total. The van der Waals surface area contributed by atoms with Crippen molar-refractivity contribution >= 4 is 0 Å². The second-order valence-electron chi connectivity index (χ2n) is 4.32. The summed E-state index contributed by atoms with van der Waals surface area (Å²) in [5.74, 6) is 0.944. The molecule has 1 aliphatic heterocycles. The Morgan fingerprint density at radius 1 is 1.55 bits per heavy atom. The van der Waals surface area contributed by atoms with E-state index in [4.69, 9.17) is 5.26 Å². The van der Waals surface area contributed by atoms with Crippen LogP contribution in [0, 0.1) is 22.7 Å². The molecule has 11 heavy (non-hydrogen) atoms. The maximum absolute atomic E-state index is 8.42. The quantitative estimate of drug-likeness (QED) is 0.526. The predicted molar refractivity (Wildman–Crippen MR) is 42.9 cm³/mol. The Morgan fingerprint density at radius 2 is 2.18 bits per heavy atom. The van der Waals surface area contributed by atoms with E-state index >= 15 is 0 Å². The fraction of sp³-hybridized carbons (Fsp3) is 0.889. The van der Waals surface area contributed by atoms with Gasteiger partial charge in [0.1, 0.15) is 0 Å². The van der Waals surface area contributed by atoms with Gasteiger partial charge >= 0.3 is 0 Å². The molecule has 0 amide bonds. The average Bonchev–Trinajstić information content (AvgIpc) is 1.80. The van der Waals surface area contributed by atoms with Crippen molar-refractivity contribution in [2.75, 3.05) is 19.6 Å². The molecule has 0 bridgehead atoms. The number of rotatable bonds is 1. The van der Waals surface area contributed by atoms with Gasteiger partial charge in [-0.15, -0.1) is 0 Å². The molecule has 2 heteroatoms. The van der Waals surface area contributed by atoms with Gasteiger partial charge in [0, 0.05) is 13.1 Å². The van der Waals surface area contributed by atoms with E-state index in [1.54, 1.807) is 0 Å². The van der Waals surface area contributed by atoms with Gasteiger partial charge in [-0.05, 0) is 24.2 Å². The molecule has 1 spiro atoms. The number of likely N-dealkylation sites (tertiary alicyclic amines) is 1. The Bertz CT molecular complexity index is 190. The third kappa shape index (κ3) is 1.04. The Balaban J connectivity index is 1.77. The van der Waals surface area contributed by atoms with Crippen LogP contribution in [-0.4, -0.2) is 24.5 Å². The maximum atomic E-state index is 8.42. The largest absolute Gasteiger partial charge is 0.289 e. The van der Waals surface area contributed by atoms with Crippen LogP contribution in [0.3, 0.4) is 0 Å². The summed E-state index contributed by atoms with van der Waals surface area (Å²) >= 11 is 0. The molecule has 2 fully saturated rings. The zero-order valence-corrected chi connectivity index (χ0v) is 7.01. The monoisotopic (exact) mass is 150 g/mol. The Morgan fingerprint density at radius 3 is 2.64 bits per heavy atom. The molecule has 2 nitrogen and oxygen atoms in total. The number of hydrogen-bond acceptors (Lipinski definition) is 2. The molecule has 1 aliphatic carbocycles. The number of hydrogen-bond donors (Lipinski definition) is 0. The minimum absolute atomic E-state index is 0.635. The van der Waals surface area contributed by atoms with Crippen LogP contribution in [-0.2, 0) is 0 Å². The summed E-state index contributed by atoms with van der Waals surface area (Å²) in [6, 6.07) is 2.19. The topological polar surface area (TPSA) is 27.0 Å². The molecular weight excluding hydrogens is 136 g/mol. The first kappa shape index (κ1) is 7.12. The lowest BCUT2D eigenvalue weighted by Crippen LogP contribution is -2.61. The van der Waals surface area contributed by atoms with Gasteiger partial charge in [0.2, 0.25) is 0 Å². The highest BCUT2D eigenvalue weighted by Gasteiger charge is 2.50. The van der Waals surface area contributed by atoms with Gasteiger partial charge in [0.05, 0.1) is 12.6 Å². The van der Waals surface area contributed by atoms with Crippen LogP contribution in [0.1, 0.15) is 19.8 Å². The van der Waals surface area contributed by atoms with E-state index < -0.39 is 0 Å². The predicted octanol–water partition coefficient (Wildman–Crippen LogP) is 1.24. The van der Waals surface area contributed by atoms with Gasteiger partial charge < -0.3 is 0 Å². The van der Waals surface area contributed by atoms with Crippen molar-refractivity contribution < 1.29 is 0 Å². The molecule has 0 atom stereocenters.